The molecule has 0 saturated carbocycles. The summed E-state index contributed by atoms with van der Waals surface area (Å²) in [6, 6.07) is 6.31. The molecule has 1 aromatic rings. The number of rotatable bonds is 4. The molecule has 1 aliphatic heterocycles. The molecule has 0 spiro atoms. The molecule has 0 aliphatic carbocycles. The van der Waals surface area contributed by atoms with Gasteiger partial charge < -0.3 is 19.7 Å². The van der Waals surface area contributed by atoms with Crippen LogP contribution in [0.5, 0.6) is 5.75 Å². The van der Waals surface area contributed by atoms with Crippen molar-refractivity contribution in [3.05, 3.63) is 29.3 Å². The van der Waals surface area contributed by atoms with Crippen LogP contribution >= 0.6 is 0 Å². The molecule has 1 fully saturated rings. The van der Waals surface area contributed by atoms with E-state index in [1.165, 1.54) is 11.1 Å². The Balaban J connectivity index is 0.000000379. The van der Waals surface area contributed by atoms with Crippen LogP contribution in [0.3, 0.4) is 0 Å². The third kappa shape index (κ3) is 7.62. The molecule has 128 valence electrons. The molecule has 1 saturated heterocycles. The summed E-state index contributed by atoms with van der Waals surface area (Å²) in [6.07, 6.45) is 0. The number of benzene rings is 1. The third-order valence-electron chi connectivity index (χ3n) is 3.28. The summed E-state index contributed by atoms with van der Waals surface area (Å²) >= 11 is 0. The van der Waals surface area contributed by atoms with E-state index in [9.17, 15) is 0 Å². The van der Waals surface area contributed by atoms with Crippen LogP contribution in [-0.4, -0.2) is 66.5 Å². The van der Waals surface area contributed by atoms with Gasteiger partial charge in [0.1, 0.15) is 12.4 Å². The van der Waals surface area contributed by atoms with Crippen LogP contribution in [0.1, 0.15) is 11.1 Å². The fourth-order valence-electron chi connectivity index (χ4n) is 2.07. The topological polar surface area (TPSA) is 96.3 Å². The van der Waals surface area contributed by atoms with E-state index in [0.29, 0.717) is 0 Å². The Bertz CT molecular complexity index is 513. The van der Waals surface area contributed by atoms with E-state index in [4.69, 9.17) is 29.3 Å². The predicted molar refractivity (Wildman–Crippen MR) is 83.9 cm³/mol. The second-order valence-electron chi connectivity index (χ2n) is 5.18. The number of carboxylic acid groups (broad SMARTS) is 2. The summed E-state index contributed by atoms with van der Waals surface area (Å²) in [5.41, 5.74) is 2.50. The molecule has 1 heterocycles. The number of nitrogens with zero attached hydrogens (tertiary/aromatic N) is 1. The van der Waals surface area contributed by atoms with Crippen molar-refractivity contribution in [3.63, 3.8) is 0 Å². The first kappa shape index (κ1) is 18.9. The third-order valence-corrected chi connectivity index (χ3v) is 3.28. The first-order chi connectivity index (χ1) is 10.9. The highest BCUT2D eigenvalue weighted by Gasteiger charge is 2.10. The molecule has 0 aromatic heterocycles. The van der Waals surface area contributed by atoms with Gasteiger partial charge >= 0.3 is 11.9 Å². The van der Waals surface area contributed by atoms with Gasteiger partial charge in [0.05, 0.1) is 13.2 Å². The highest BCUT2D eigenvalue weighted by molar-refractivity contribution is 6.27. The summed E-state index contributed by atoms with van der Waals surface area (Å²) in [5, 5.41) is 14.8. The molecule has 0 unspecified atom stereocenters. The highest BCUT2D eigenvalue weighted by Crippen LogP contribution is 2.18. The minimum atomic E-state index is -1.82. The zero-order valence-electron chi connectivity index (χ0n) is 13.4. The SMILES string of the molecule is Cc1ccc(OCCN2CCOCC2)c(C)c1.O=C(O)C(=O)O. The van der Waals surface area contributed by atoms with Gasteiger partial charge in [-0.1, -0.05) is 17.7 Å². The van der Waals surface area contributed by atoms with Gasteiger partial charge in [-0.3, -0.25) is 4.90 Å². The number of morpholine rings is 1. The van der Waals surface area contributed by atoms with Crippen LogP contribution in [0, 0.1) is 13.8 Å². The Morgan fingerprint density at radius 1 is 1.17 bits per heavy atom. The monoisotopic (exact) mass is 325 g/mol. The molecule has 1 aromatic carbocycles. The molecule has 2 N–H and O–H groups in total. The second-order valence-corrected chi connectivity index (χ2v) is 5.18. The maximum atomic E-state index is 9.10. The highest BCUT2D eigenvalue weighted by atomic mass is 16.5. The lowest BCUT2D eigenvalue weighted by Crippen LogP contribution is -2.38. The lowest BCUT2D eigenvalue weighted by atomic mass is 10.1. The molecular formula is C16H23NO6. The van der Waals surface area contributed by atoms with Crippen LogP contribution < -0.4 is 4.74 Å². The average Bonchev–Trinajstić information content (AvgIpc) is 2.51. The van der Waals surface area contributed by atoms with Gasteiger partial charge in [-0.2, -0.15) is 0 Å². The van der Waals surface area contributed by atoms with E-state index in [2.05, 4.69) is 36.9 Å². The van der Waals surface area contributed by atoms with E-state index in [-0.39, 0.29) is 0 Å². The van der Waals surface area contributed by atoms with Crippen LogP contribution in [0.25, 0.3) is 0 Å². The van der Waals surface area contributed by atoms with Crippen LogP contribution in [-0.2, 0) is 14.3 Å². The summed E-state index contributed by atoms with van der Waals surface area (Å²) in [7, 11) is 0. The minimum Gasteiger partial charge on any atom is -0.492 e. The molecule has 2 rings (SSSR count). The van der Waals surface area contributed by atoms with Crippen molar-refractivity contribution < 1.29 is 29.3 Å². The number of carbonyl (C=O) groups is 2. The van der Waals surface area contributed by atoms with Gasteiger partial charge in [-0.25, -0.2) is 9.59 Å². The van der Waals surface area contributed by atoms with Crippen molar-refractivity contribution in [1.82, 2.24) is 4.90 Å². The predicted octanol–water partition coefficient (Wildman–Crippen LogP) is 1.17. The Kier molecular flexibility index (Phi) is 8.07. The summed E-state index contributed by atoms with van der Waals surface area (Å²) < 4.78 is 11.1. The fraction of sp³-hybridized carbons (Fsp3) is 0.500. The Morgan fingerprint density at radius 3 is 2.30 bits per heavy atom. The molecule has 23 heavy (non-hydrogen) atoms. The van der Waals surface area contributed by atoms with Gasteiger partial charge in [-0.05, 0) is 25.5 Å². The second kappa shape index (κ2) is 9.81. The van der Waals surface area contributed by atoms with Crippen LogP contribution in [0.4, 0.5) is 0 Å². The Hall–Kier alpha value is -2.12. The molecule has 0 bridgehead atoms. The normalized spacial score (nSPS) is 14.5. The van der Waals surface area contributed by atoms with E-state index in [0.717, 1.165) is 45.2 Å². The molecule has 7 heteroatoms. The van der Waals surface area contributed by atoms with Gasteiger partial charge in [0.25, 0.3) is 0 Å². The molecule has 7 nitrogen and oxygen atoms in total. The number of ether oxygens (including phenoxy) is 2. The zero-order valence-corrected chi connectivity index (χ0v) is 13.4. The Morgan fingerprint density at radius 2 is 1.78 bits per heavy atom. The number of hydrogen-bond donors (Lipinski definition) is 2. The average molecular weight is 325 g/mol. The molecule has 1 aliphatic rings. The van der Waals surface area contributed by atoms with Crippen molar-refractivity contribution in [1.29, 1.82) is 0 Å². The van der Waals surface area contributed by atoms with Gasteiger partial charge in [0.15, 0.2) is 0 Å². The van der Waals surface area contributed by atoms with Crippen molar-refractivity contribution in [3.8, 4) is 5.75 Å². The largest absolute Gasteiger partial charge is 0.492 e. The standard InChI is InChI=1S/C14H21NO2.C2H2O4/c1-12-3-4-14(13(2)11-12)17-10-7-15-5-8-16-9-6-15;3-1(4)2(5)6/h3-4,11H,5-10H2,1-2H3;(H,3,4)(H,5,6). The molecular weight excluding hydrogens is 302 g/mol. The molecule has 0 atom stereocenters. The van der Waals surface area contributed by atoms with Crippen molar-refractivity contribution in [2.45, 2.75) is 13.8 Å². The van der Waals surface area contributed by atoms with Crippen molar-refractivity contribution in [2.75, 3.05) is 39.5 Å². The number of hydrogen-bond acceptors (Lipinski definition) is 5. The number of aliphatic carboxylic acids is 2. The lowest BCUT2D eigenvalue weighted by Gasteiger charge is -2.26. The summed E-state index contributed by atoms with van der Waals surface area (Å²) in [4.78, 5) is 20.6. The maximum Gasteiger partial charge on any atom is 0.414 e. The number of aryl methyl sites for hydroxylation is 2. The Labute approximate surface area is 135 Å². The zero-order chi connectivity index (χ0) is 17.2. The van der Waals surface area contributed by atoms with E-state index >= 15 is 0 Å². The minimum absolute atomic E-state index is 0.754. The van der Waals surface area contributed by atoms with E-state index < -0.39 is 11.9 Å². The smallest absolute Gasteiger partial charge is 0.414 e. The number of carboxylic acids is 2. The van der Waals surface area contributed by atoms with Gasteiger partial charge in [-0.15, -0.1) is 0 Å². The molecule has 0 radical (unpaired) electrons. The van der Waals surface area contributed by atoms with Crippen molar-refractivity contribution in [2.24, 2.45) is 0 Å². The van der Waals surface area contributed by atoms with E-state index in [1.807, 2.05) is 0 Å². The van der Waals surface area contributed by atoms with Gasteiger partial charge in [0, 0.05) is 19.6 Å². The summed E-state index contributed by atoms with van der Waals surface area (Å²) in [6.45, 7) is 9.68. The first-order valence-electron chi connectivity index (χ1n) is 7.36. The summed E-state index contributed by atoms with van der Waals surface area (Å²) in [5.74, 6) is -2.64. The van der Waals surface area contributed by atoms with Gasteiger partial charge in [0.2, 0.25) is 0 Å². The first-order valence-corrected chi connectivity index (χ1v) is 7.36. The van der Waals surface area contributed by atoms with E-state index in [1.54, 1.807) is 0 Å². The van der Waals surface area contributed by atoms with Crippen molar-refractivity contribution >= 4 is 11.9 Å². The molecule has 0 amide bonds. The fourth-order valence-corrected chi connectivity index (χ4v) is 2.07. The maximum absolute atomic E-state index is 9.10. The van der Waals surface area contributed by atoms with Crippen LogP contribution in [0.2, 0.25) is 0 Å². The van der Waals surface area contributed by atoms with Crippen LogP contribution in [0.15, 0.2) is 18.2 Å². The lowest BCUT2D eigenvalue weighted by molar-refractivity contribution is -0.159. The quantitative estimate of drug-likeness (QED) is 0.802.